The minimum atomic E-state index is -0.663. The number of rotatable bonds is 6. The van der Waals surface area contributed by atoms with E-state index in [1.54, 1.807) is 32.9 Å². The zero-order valence-electron chi connectivity index (χ0n) is 21.0. The van der Waals surface area contributed by atoms with Crippen molar-refractivity contribution in [3.05, 3.63) is 51.5 Å². The zero-order chi connectivity index (χ0) is 25.8. The maximum absolute atomic E-state index is 12.9. The highest BCUT2D eigenvalue weighted by Gasteiger charge is 2.39. The van der Waals surface area contributed by atoms with Gasteiger partial charge in [-0.2, -0.15) is 0 Å². The maximum atomic E-state index is 12.9. The molecule has 0 heterocycles. The number of ketones is 3. The average Bonchev–Trinajstić information content (AvgIpc) is 2.78. The van der Waals surface area contributed by atoms with Gasteiger partial charge in [0.1, 0.15) is 11.4 Å². The second-order valence-corrected chi connectivity index (χ2v) is 8.58. The molecule has 0 saturated heterocycles. The van der Waals surface area contributed by atoms with E-state index in [1.807, 2.05) is 13.8 Å². The molecule has 0 unspecified atom stereocenters. The number of hydrogen-bond donors (Lipinski definition) is 0. The first kappa shape index (κ1) is 26.8. The Morgan fingerprint density at radius 1 is 0.882 bits per heavy atom. The molecule has 3 rings (SSSR count). The van der Waals surface area contributed by atoms with E-state index < -0.39 is 23.1 Å². The Morgan fingerprint density at radius 2 is 1.35 bits per heavy atom. The highest BCUT2D eigenvalue weighted by atomic mass is 16.6. The lowest BCUT2D eigenvalue weighted by molar-refractivity contribution is -0.157. The summed E-state index contributed by atoms with van der Waals surface area (Å²) in [6.07, 6.45) is 0.339. The van der Waals surface area contributed by atoms with Crippen molar-refractivity contribution in [2.75, 3.05) is 20.8 Å². The Balaban J connectivity index is 0.00000199. The summed E-state index contributed by atoms with van der Waals surface area (Å²) in [4.78, 5) is 50.1. The van der Waals surface area contributed by atoms with Crippen LogP contribution < -0.4 is 4.74 Å². The summed E-state index contributed by atoms with van der Waals surface area (Å²) < 4.78 is 21.1. The quantitative estimate of drug-likeness (QED) is 0.351. The number of Topliss-reactive ketones (excluding diaryl/α,β-unsaturated/α-hetero) is 3. The Labute approximate surface area is 199 Å². The van der Waals surface area contributed by atoms with Crippen LogP contribution in [0, 0.1) is 0 Å². The number of carbonyl (C=O) groups excluding carboxylic acids is 4. The van der Waals surface area contributed by atoms with Crippen molar-refractivity contribution in [3.8, 4) is 5.75 Å². The minimum absolute atomic E-state index is 0.121. The lowest BCUT2D eigenvalue weighted by Crippen LogP contribution is -2.30. The van der Waals surface area contributed by atoms with Crippen molar-refractivity contribution in [2.24, 2.45) is 0 Å². The molecule has 34 heavy (non-hydrogen) atoms. The van der Waals surface area contributed by atoms with Crippen LogP contribution in [0.2, 0.25) is 0 Å². The van der Waals surface area contributed by atoms with Crippen molar-refractivity contribution < 1.29 is 38.1 Å². The number of allylic oxidation sites excluding steroid dienone is 2. The molecular weight excluding hydrogens is 440 g/mol. The first-order chi connectivity index (χ1) is 16.0. The van der Waals surface area contributed by atoms with Gasteiger partial charge in [-0.15, -0.1) is 0 Å². The Kier molecular flexibility index (Phi) is 8.42. The third-order valence-corrected chi connectivity index (χ3v) is 5.12. The fraction of sp³-hybridized carbons (Fsp3) is 0.462. The van der Waals surface area contributed by atoms with Gasteiger partial charge in [0.25, 0.3) is 0 Å². The van der Waals surface area contributed by atoms with Crippen LogP contribution in [0.25, 0.3) is 0 Å². The molecule has 1 aromatic rings. The molecule has 8 nitrogen and oxygen atoms in total. The molecule has 0 radical (unpaired) electrons. The SMILES string of the molecule is CC.COC1=C(OC)C(=O)C2=C(Cc3cc(OCC(=O)OC(C)(C)C)c(C(C)=O)cc3C2)C1=O. The maximum Gasteiger partial charge on any atom is 0.344 e. The van der Waals surface area contributed by atoms with Crippen LogP contribution in [0.4, 0.5) is 0 Å². The smallest absolute Gasteiger partial charge is 0.344 e. The Bertz CT molecular complexity index is 1080. The van der Waals surface area contributed by atoms with Gasteiger partial charge in [-0.3, -0.25) is 14.4 Å². The molecule has 2 aliphatic carbocycles. The van der Waals surface area contributed by atoms with Gasteiger partial charge in [-0.25, -0.2) is 4.79 Å². The molecule has 0 aromatic heterocycles. The highest BCUT2D eigenvalue weighted by Crippen LogP contribution is 2.37. The summed E-state index contributed by atoms with van der Waals surface area (Å²) >= 11 is 0. The largest absolute Gasteiger partial charge is 0.489 e. The molecule has 0 bridgehead atoms. The van der Waals surface area contributed by atoms with Crippen molar-refractivity contribution in [1.82, 2.24) is 0 Å². The second-order valence-electron chi connectivity index (χ2n) is 8.58. The van der Waals surface area contributed by atoms with Crippen LogP contribution in [0.15, 0.2) is 34.8 Å². The molecule has 0 aliphatic heterocycles. The summed E-state index contributed by atoms with van der Waals surface area (Å²) in [6, 6.07) is 3.28. The Hall–Kier alpha value is -3.42. The third kappa shape index (κ3) is 5.55. The first-order valence-corrected chi connectivity index (χ1v) is 11.1. The van der Waals surface area contributed by atoms with Gasteiger partial charge in [0, 0.05) is 24.0 Å². The molecule has 0 saturated carbocycles. The van der Waals surface area contributed by atoms with E-state index in [2.05, 4.69) is 0 Å². The fourth-order valence-electron chi connectivity index (χ4n) is 3.78. The molecule has 0 N–H and O–H groups in total. The van der Waals surface area contributed by atoms with E-state index in [0.29, 0.717) is 11.1 Å². The van der Waals surface area contributed by atoms with Gasteiger partial charge in [0.15, 0.2) is 12.4 Å². The van der Waals surface area contributed by atoms with E-state index >= 15 is 0 Å². The lowest BCUT2D eigenvalue weighted by atomic mass is 9.78. The summed E-state index contributed by atoms with van der Waals surface area (Å²) in [5, 5.41) is 0. The number of esters is 1. The van der Waals surface area contributed by atoms with E-state index in [0.717, 1.165) is 11.1 Å². The minimum Gasteiger partial charge on any atom is -0.489 e. The molecule has 0 amide bonds. The molecule has 0 spiro atoms. The van der Waals surface area contributed by atoms with Crippen LogP contribution in [0.5, 0.6) is 5.75 Å². The molecule has 1 aromatic carbocycles. The summed E-state index contributed by atoms with van der Waals surface area (Å²) in [5.41, 5.74) is 1.74. The molecule has 2 aliphatic rings. The van der Waals surface area contributed by atoms with Gasteiger partial charge >= 0.3 is 5.97 Å². The van der Waals surface area contributed by atoms with Crippen molar-refractivity contribution in [2.45, 2.75) is 60.0 Å². The second kappa shape index (κ2) is 10.7. The van der Waals surface area contributed by atoms with Crippen LogP contribution in [-0.4, -0.2) is 49.7 Å². The number of benzene rings is 1. The number of carbonyl (C=O) groups is 4. The average molecular weight is 473 g/mol. The van der Waals surface area contributed by atoms with E-state index in [4.69, 9.17) is 18.9 Å². The van der Waals surface area contributed by atoms with E-state index in [-0.39, 0.29) is 48.1 Å². The number of hydrogen-bond acceptors (Lipinski definition) is 8. The summed E-state index contributed by atoms with van der Waals surface area (Å²) in [5.74, 6) is -1.65. The monoisotopic (exact) mass is 472 g/mol. The van der Waals surface area contributed by atoms with Crippen molar-refractivity contribution in [3.63, 3.8) is 0 Å². The first-order valence-electron chi connectivity index (χ1n) is 11.1. The zero-order valence-corrected chi connectivity index (χ0v) is 21.0. The topological polar surface area (TPSA) is 105 Å². The van der Waals surface area contributed by atoms with Crippen LogP contribution >= 0.6 is 0 Å². The van der Waals surface area contributed by atoms with Crippen LogP contribution in [-0.2, 0) is 41.4 Å². The fourth-order valence-corrected chi connectivity index (χ4v) is 3.78. The van der Waals surface area contributed by atoms with Gasteiger partial charge in [-0.05, 0) is 51.0 Å². The summed E-state index contributed by atoms with van der Waals surface area (Å²) in [7, 11) is 2.62. The van der Waals surface area contributed by atoms with Crippen LogP contribution in [0.3, 0.4) is 0 Å². The molecule has 8 heteroatoms. The van der Waals surface area contributed by atoms with Gasteiger partial charge in [0.2, 0.25) is 23.1 Å². The van der Waals surface area contributed by atoms with Gasteiger partial charge < -0.3 is 18.9 Å². The Morgan fingerprint density at radius 3 is 1.76 bits per heavy atom. The highest BCUT2D eigenvalue weighted by molar-refractivity contribution is 6.24. The molecule has 0 atom stereocenters. The van der Waals surface area contributed by atoms with E-state index in [9.17, 15) is 19.2 Å². The van der Waals surface area contributed by atoms with Gasteiger partial charge in [0.05, 0.1) is 19.8 Å². The summed E-state index contributed by atoms with van der Waals surface area (Å²) in [6.45, 7) is 10.3. The number of ether oxygens (including phenoxy) is 4. The standard InChI is InChI=1S/C24H26O8.C2H6/c1-12(25)15-7-13-8-16-17(21(28)23(30-6)22(29-5)20(16)27)9-14(13)10-18(15)31-11-19(26)32-24(2,3)4;1-2/h7,10H,8-9,11H2,1-6H3;1-2H3. The lowest BCUT2D eigenvalue weighted by Gasteiger charge is -2.27. The molecule has 0 fully saturated rings. The predicted octanol–water partition coefficient (Wildman–Crippen LogP) is 3.69. The normalized spacial score (nSPS) is 15.1. The van der Waals surface area contributed by atoms with E-state index in [1.165, 1.54) is 21.1 Å². The van der Waals surface area contributed by atoms with Crippen LogP contribution in [0.1, 0.15) is 63.0 Å². The van der Waals surface area contributed by atoms with Crippen molar-refractivity contribution >= 4 is 23.3 Å². The third-order valence-electron chi connectivity index (χ3n) is 5.12. The van der Waals surface area contributed by atoms with Gasteiger partial charge in [-0.1, -0.05) is 13.8 Å². The molecular formula is C26H32O8. The van der Waals surface area contributed by atoms with Crippen molar-refractivity contribution in [1.29, 1.82) is 0 Å². The number of methoxy groups -OCH3 is 2. The predicted molar refractivity (Wildman–Crippen MR) is 125 cm³/mol. The number of fused-ring (bicyclic) bond motifs is 1. The molecule has 184 valence electrons.